The highest BCUT2D eigenvalue weighted by molar-refractivity contribution is 8.00. The molecule has 0 spiro atoms. The van der Waals surface area contributed by atoms with Crippen molar-refractivity contribution in [2.24, 2.45) is 0 Å². The fraction of sp³-hybridized carbons (Fsp3) is 0.333. The third-order valence-electron chi connectivity index (χ3n) is 2.90. The topological polar surface area (TPSA) is 46.3 Å². The molecule has 17 heavy (non-hydrogen) atoms. The Morgan fingerprint density at radius 3 is 3.00 bits per heavy atom. The van der Waals surface area contributed by atoms with Crippen molar-refractivity contribution in [1.82, 2.24) is 9.88 Å². The maximum absolute atomic E-state index is 11.8. The third-order valence-corrected chi connectivity index (χ3v) is 3.99. The first-order valence-corrected chi connectivity index (χ1v) is 6.39. The minimum atomic E-state index is -0.0481. The molecule has 1 saturated heterocycles. The lowest BCUT2D eigenvalue weighted by atomic mass is 10.3. The molecule has 1 atom stereocenters. The van der Waals surface area contributed by atoms with Gasteiger partial charge >= 0.3 is 0 Å². The molecular formula is C12H12N2O2S. The van der Waals surface area contributed by atoms with Gasteiger partial charge in [0.25, 0.3) is 5.22 Å². The number of thioether (sulfide) groups is 1. The maximum atomic E-state index is 11.8. The SMILES string of the molecule is CN1CCC(Sc2nc3ccccc3o2)C1=O. The van der Waals surface area contributed by atoms with Crippen LogP contribution in [0.2, 0.25) is 0 Å². The second kappa shape index (κ2) is 4.07. The van der Waals surface area contributed by atoms with Gasteiger partial charge in [-0.3, -0.25) is 4.79 Å². The first-order valence-electron chi connectivity index (χ1n) is 5.51. The van der Waals surface area contributed by atoms with E-state index in [9.17, 15) is 4.79 Å². The summed E-state index contributed by atoms with van der Waals surface area (Å²) in [7, 11) is 1.83. The number of carbonyl (C=O) groups is 1. The Bertz CT molecular complexity index is 533. The number of likely N-dealkylation sites (tertiary alicyclic amines) is 1. The molecule has 2 aromatic rings. The predicted octanol–water partition coefficient (Wildman–Crippen LogP) is 2.15. The molecule has 5 heteroatoms. The van der Waals surface area contributed by atoms with E-state index in [-0.39, 0.29) is 11.2 Å². The van der Waals surface area contributed by atoms with Gasteiger partial charge in [-0.05, 0) is 18.6 Å². The van der Waals surface area contributed by atoms with Crippen molar-refractivity contribution in [3.63, 3.8) is 0 Å². The Balaban J connectivity index is 1.83. The van der Waals surface area contributed by atoms with Crippen LogP contribution >= 0.6 is 11.8 Å². The highest BCUT2D eigenvalue weighted by atomic mass is 32.2. The standard InChI is InChI=1S/C12H12N2O2S/c1-14-7-6-10(11(14)15)17-12-13-8-4-2-3-5-9(8)16-12/h2-5,10H,6-7H2,1H3. The Morgan fingerprint density at radius 2 is 2.29 bits per heavy atom. The van der Waals surface area contributed by atoms with Crippen LogP contribution in [0.15, 0.2) is 33.9 Å². The highest BCUT2D eigenvalue weighted by Crippen LogP contribution is 2.31. The van der Waals surface area contributed by atoms with Crippen LogP contribution in [0.5, 0.6) is 0 Å². The van der Waals surface area contributed by atoms with Gasteiger partial charge in [-0.2, -0.15) is 0 Å². The highest BCUT2D eigenvalue weighted by Gasteiger charge is 2.31. The van der Waals surface area contributed by atoms with E-state index < -0.39 is 0 Å². The number of hydrogen-bond acceptors (Lipinski definition) is 4. The zero-order valence-corrected chi connectivity index (χ0v) is 10.2. The van der Waals surface area contributed by atoms with Crippen molar-refractivity contribution < 1.29 is 9.21 Å². The molecule has 1 aromatic heterocycles. The molecule has 0 bridgehead atoms. The zero-order valence-electron chi connectivity index (χ0n) is 9.42. The molecule has 0 radical (unpaired) electrons. The van der Waals surface area contributed by atoms with Crippen molar-refractivity contribution in [2.75, 3.05) is 13.6 Å². The van der Waals surface area contributed by atoms with Gasteiger partial charge in [-0.25, -0.2) is 4.98 Å². The fourth-order valence-electron chi connectivity index (χ4n) is 1.92. The summed E-state index contributed by atoms with van der Waals surface area (Å²) in [6.45, 7) is 0.816. The largest absolute Gasteiger partial charge is 0.431 e. The number of amides is 1. The van der Waals surface area contributed by atoms with Gasteiger partial charge < -0.3 is 9.32 Å². The van der Waals surface area contributed by atoms with E-state index in [2.05, 4.69) is 4.98 Å². The number of para-hydroxylation sites is 2. The van der Waals surface area contributed by atoms with Gasteiger partial charge in [0.2, 0.25) is 5.91 Å². The molecule has 1 unspecified atom stereocenters. The lowest BCUT2D eigenvalue weighted by Gasteiger charge is -2.07. The van der Waals surface area contributed by atoms with Gasteiger partial charge in [0.05, 0.1) is 5.25 Å². The molecule has 1 aliphatic rings. The molecule has 0 aliphatic carbocycles. The van der Waals surface area contributed by atoms with E-state index in [0.717, 1.165) is 24.1 Å². The van der Waals surface area contributed by atoms with Crippen LogP contribution in [0.25, 0.3) is 11.1 Å². The summed E-state index contributed by atoms with van der Waals surface area (Å²) in [5.41, 5.74) is 1.61. The van der Waals surface area contributed by atoms with Gasteiger partial charge in [-0.1, -0.05) is 23.9 Å². The van der Waals surface area contributed by atoms with E-state index in [0.29, 0.717) is 5.22 Å². The van der Waals surface area contributed by atoms with Crippen LogP contribution in [-0.4, -0.2) is 34.6 Å². The van der Waals surface area contributed by atoms with E-state index in [1.54, 1.807) is 4.90 Å². The molecule has 88 valence electrons. The van der Waals surface area contributed by atoms with Crippen molar-refractivity contribution in [3.8, 4) is 0 Å². The summed E-state index contributed by atoms with van der Waals surface area (Å²) in [5.74, 6) is 0.164. The summed E-state index contributed by atoms with van der Waals surface area (Å²) >= 11 is 1.42. The molecule has 2 heterocycles. The van der Waals surface area contributed by atoms with Crippen LogP contribution in [0, 0.1) is 0 Å². The monoisotopic (exact) mass is 248 g/mol. The fourth-order valence-corrected chi connectivity index (χ4v) is 2.96. The number of oxazole rings is 1. The summed E-state index contributed by atoms with van der Waals surface area (Å²) < 4.78 is 5.59. The molecule has 3 rings (SSSR count). The van der Waals surface area contributed by atoms with E-state index in [1.165, 1.54) is 11.8 Å². The number of rotatable bonds is 2. The van der Waals surface area contributed by atoms with Gasteiger partial charge in [0, 0.05) is 13.6 Å². The molecule has 0 saturated carbocycles. The van der Waals surface area contributed by atoms with Gasteiger partial charge in [0.1, 0.15) is 5.52 Å². The number of fused-ring (bicyclic) bond motifs is 1. The molecule has 1 aliphatic heterocycles. The number of carbonyl (C=O) groups excluding carboxylic acids is 1. The molecule has 1 fully saturated rings. The van der Waals surface area contributed by atoms with Gasteiger partial charge in [0.15, 0.2) is 5.58 Å². The molecule has 1 amide bonds. The number of aromatic nitrogens is 1. The van der Waals surface area contributed by atoms with Crippen LogP contribution in [-0.2, 0) is 4.79 Å². The summed E-state index contributed by atoms with van der Waals surface area (Å²) in [4.78, 5) is 17.9. The lowest BCUT2D eigenvalue weighted by Crippen LogP contribution is -2.23. The first kappa shape index (κ1) is 10.7. The summed E-state index contributed by atoms with van der Waals surface area (Å²) in [6, 6.07) is 7.63. The Labute approximate surface area is 103 Å². The van der Waals surface area contributed by atoms with Crippen molar-refractivity contribution in [3.05, 3.63) is 24.3 Å². The quantitative estimate of drug-likeness (QED) is 0.817. The molecular weight excluding hydrogens is 236 g/mol. The van der Waals surface area contributed by atoms with Crippen LogP contribution < -0.4 is 0 Å². The first-order chi connectivity index (χ1) is 8.24. The summed E-state index contributed by atoms with van der Waals surface area (Å²) in [6.07, 6.45) is 0.860. The van der Waals surface area contributed by atoms with Crippen molar-refractivity contribution >= 4 is 28.8 Å². The average molecular weight is 248 g/mol. The van der Waals surface area contributed by atoms with Crippen molar-refractivity contribution in [2.45, 2.75) is 16.9 Å². The second-order valence-corrected chi connectivity index (χ2v) is 5.26. The Morgan fingerprint density at radius 1 is 1.47 bits per heavy atom. The maximum Gasteiger partial charge on any atom is 0.257 e. The second-order valence-electron chi connectivity index (χ2n) is 4.10. The van der Waals surface area contributed by atoms with E-state index in [4.69, 9.17) is 4.42 Å². The number of benzene rings is 1. The Kier molecular flexibility index (Phi) is 2.55. The molecule has 4 nitrogen and oxygen atoms in total. The van der Waals surface area contributed by atoms with E-state index in [1.807, 2.05) is 31.3 Å². The molecule has 1 aromatic carbocycles. The average Bonchev–Trinajstić information content (AvgIpc) is 2.87. The summed E-state index contributed by atoms with van der Waals surface area (Å²) in [5, 5.41) is 0.535. The predicted molar refractivity (Wildman–Crippen MR) is 65.9 cm³/mol. The van der Waals surface area contributed by atoms with Gasteiger partial charge in [-0.15, -0.1) is 0 Å². The van der Waals surface area contributed by atoms with E-state index >= 15 is 0 Å². The normalized spacial score (nSPS) is 20.4. The Hall–Kier alpha value is -1.49. The minimum absolute atomic E-state index is 0.0481. The van der Waals surface area contributed by atoms with Crippen LogP contribution in [0.4, 0.5) is 0 Å². The minimum Gasteiger partial charge on any atom is -0.431 e. The van der Waals surface area contributed by atoms with Crippen LogP contribution in [0.1, 0.15) is 6.42 Å². The smallest absolute Gasteiger partial charge is 0.257 e. The molecule has 0 N–H and O–H groups in total. The zero-order chi connectivity index (χ0) is 11.8. The number of nitrogens with zero attached hydrogens (tertiary/aromatic N) is 2. The van der Waals surface area contributed by atoms with Crippen molar-refractivity contribution in [1.29, 1.82) is 0 Å². The third kappa shape index (κ3) is 1.91. The number of hydrogen-bond donors (Lipinski definition) is 0. The van der Waals surface area contributed by atoms with Crippen LogP contribution in [0.3, 0.4) is 0 Å². The lowest BCUT2D eigenvalue weighted by molar-refractivity contribution is -0.126.